The van der Waals surface area contributed by atoms with Crippen LogP contribution in [0.15, 0.2) is 109 Å². The third-order valence-corrected chi connectivity index (χ3v) is 8.44. The minimum Gasteiger partial charge on any atom is -0.457 e. The molecule has 0 heterocycles. The number of aliphatic hydroxyl groups excluding tert-OH is 2. The van der Waals surface area contributed by atoms with E-state index in [1.807, 2.05) is 18.2 Å². The summed E-state index contributed by atoms with van der Waals surface area (Å²) < 4.78 is 32.4. The van der Waals surface area contributed by atoms with Gasteiger partial charge in [0.25, 0.3) is 0 Å². The van der Waals surface area contributed by atoms with Crippen LogP contribution in [0.3, 0.4) is 0 Å². The summed E-state index contributed by atoms with van der Waals surface area (Å²) >= 11 is 0. The number of rotatable bonds is 35. The summed E-state index contributed by atoms with van der Waals surface area (Å²) in [7, 11) is -4.67. The van der Waals surface area contributed by atoms with Gasteiger partial charge >= 0.3 is 19.8 Å². The first-order valence-electron chi connectivity index (χ1n) is 19.8. The number of hydrogen-bond acceptors (Lipinski definition) is 9. The zero-order valence-electron chi connectivity index (χ0n) is 33.3. The maximum Gasteiger partial charge on any atom is 0.472 e. The second kappa shape index (κ2) is 38.9. The van der Waals surface area contributed by atoms with Gasteiger partial charge in [-0.15, -0.1) is 0 Å². The van der Waals surface area contributed by atoms with Crippen LogP contribution in [-0.2, 0) is 32.7 Å². The van der Waals surface area contributed by atoms with Crippen molar-refractivity contribution >= 4 is 19.8 Å². The van der Waals surface area contributed by atoms with Crippen LogP contribution < -0.4 is 0 Å². The van der Waals surface area contributed by atoms with E-state index < -0.39 is 58.4 Å². The summed E-state index contributed by atoms with van der Waals surface area (Å²) in [6, 6.07) is 0. The molecule has 0 saturated heterocycles. The first-order valence-corrected chi connectivity index (χ1v) is 21.3. The molecule has 0 aromatic rings. The number of carbonyl (C=O) groups is 2. The number of hydrogen-bond donors (Lipinski definition) is 3. The summed E-state index contributed by atoms with van der Waals surface area (Å²) in [5, 5.41) is 19.1. The molecule has 0 amide bonds. The minimum atomic E-state index is -4.67. The number of aliphatic hydroxyl groups is 2. The van der Waals surface area contributed by atoms with E-state index in [0.717, 1.165) is 77.0 Å². The fraction of sp³-hybridized carbons (Fsp3) is 0.545. The van der Waals surface area contributed by atoms with Gasteiger partial charge in [-0.2, -0.15) is 0 Å². The number of allylic oxidation sites excluding steroid dienone is 18. The Balaban J connectivity index is 4.14. The molecule has 3 unspecified atom stereocenters. The van der Waals surface area contributed by atoms with Crippen LogP contribution in [0.1, 0.15) is 117 Å². The lowest BCUT2D eigenvalue weighted by Crippen LogP contribution is -2.28. The molecule has 0 saturated carbocycles. The second-order valence-electron chi connectivity index (χ2n) is 12.5. The summed E-state index contributed by atoms with van der Waals surface area (Å²) in [5.74, 6) is -1.15. The van der Waals surface area contributed by atoms with E-state index in [1.165, 1.54) is 0 Å². The lowest BCUT2D eigenvalue weighted by Gasteiger charge is -2.20. The smallest absolute Gasteiger partial charge is 0.457 e. The lowest BCUT2D eigenvalue weighted by molar-refractivity contribution is -0.153. The Bertz CT molecular complexity index is 1270. The molecule has 0 spiro atoms. The van der Waals surface area contributed by atoms with Crippen LogP contribution in [0.2, 0.25) is 0 Å². The molecule has 0 aromatic carbocycles. The Kier molecular flexibility index (Phi) is 36.5. The van der Waals surface area contributed by atoms with Gasteiger partial charge < -0.3 is 24.6 Å². The zero-order valence-corrected chi connectivity index (χ0v) is 34.2. The highest BCUT2D eigenvalue weighted by molar-refractivity contribution is 7.47. The van der Waals surface area contributed by atoms with E-state index in [2.05, 4.69) is 105 Å². The Morgan fingerprint density at radius 3 is 1.22 bits per heavy atom. The molecule has 0 radical (unpaired) electrons. The van der Waals surface area contributed by atoms with Crippen molar-refractivity contribution in [1.82, 2.24) is 0 Å². The molecule has 3 N–H and O–H groups in total. The third kappa shape index (κ3) is 37.3. The number of carbonyl (C=O) groups excluding carboxylic acids is 2. The van der Waals surface area contributed by atoms with Crippen molar-refractivity contribution in [2.45, 2.75) is 129 Å². The van der Waals surface area contributed by atoms with Crippen LogP contribution in [0.25, 0.3) is 0 Å². The second-order valence-corrected chi connectivity index (χ2v) is 13.9. The SMILES string of the molecule is CC/C=C\C/C=C\C/C=C\C/C=C\C/C=C\C/C=C\CCC(=O)OC(CO)COP(=O)(O)OCC(CO)OC(=O)CCCCC/C=C\C/C=C\C/C=C\CC. The molecular weight excluding hydrogens is 719 g/mol. The van der Waals surface area contributed by atoms with Gasteiger partial charge in [0.05, 0.1) is 26.4 Å². The standard InChI is InChI=1S/C44H69O10P/c1-3-5-7-9-11-13-15-17-18-19-20-21-22-24-26-28-30-32-34-36-44(48)54-42(38-46)40-52-55(49,50)51-39-41(37-45)53-43(47)35-33-31-29-27-25-23-16-14-12-10-8-6-4-2/h5-8,11-14,17-18,20-21,23-26,30,32,41-42,45-46H,3-4,9-10,15-16,19,22,27-29,31,33-40H2,1-2H3,(H,49,50)/b7-5-,8-6-,13-11-,14-12-,18-17-,21-20-,25-23-,26-24-,32-30-. The zero-order chi connectivity index (χ0) is 40.5. The van der Waals surface area contributed by atoms with Gasteiger partial charge in [0, 0.05) is 12.8 Å². The van der Waals surface area contributed by atoms with Crippen molar-refractivity contribution in [3.8, 4) is 0 Å². The van der Waals surface area contributed by atoms with Crippen molar-refractivity contribution in [3.63, 3.8) is 0 Å². The van der Waals surface area contributed by atoms with Gasteiger partial charge in [0.15, 0.2) is 0 Å². The van der Waals surface area contributed by atoms with Crippen LogP contribution in [-0.4, -0.2) is 65.7 Å². The lowest BCUT2D eigenvalue weighted by atomic mass is 10.1. The van der Waals surface area contributed by atoms with Crippen LogP contribution in [0.4, 0.5) is 0 Å². The number of esters is 2. The largest absolute Gasteiger partial charge is 0.472 e. The van der Waals surface area contributed by atoms with E-state index in [1.54, 1.807) is 0 Å². The minimum absolute atomic E-state index is 0.0575. The Labute approximate surface area is 331 Å². The Morgan fingerprint density at radius 1 is 0.491 bits per heavy atom. The van der Waals surface area contributed by atoms with E-state index in [0.29, 0.717) is 12.8 Å². The quantitative estimate of drug-likeness (QED) is 0.0245. The van der Waals surface area contributed by atoms with E-state index >= 15 is 0 Å². The highest BCUT2D eigenvalue weighted by atomic mass is 31.2. The van der Waals surface area contributed by atoms with E-state index in [4.69, 9.17) is 18.5 Å². The van der Waals surface area contributed by atoms with Crippen molar-refractivity contribution < 1.29 is 47.8 Å². The maximum absolute atomic E-state index is 12.3. The van der Waals surface area contributed by atoms with Gasteiger partial charge in [-0.25, -0.2) is 4.57 Å². The first-order chi connectivity index (χ1) is 26.8. The third-order valence-electron chi connectivity index (χ3n) is 7.49. The molecule has 0 aliphatic heterocycles. The fourth-order valence-corrected chi connectivity index (χ4v) is 5.29. The summed E-state index contributed by atoms with van der Waals surface area (Å²) in [4.78, 5) is 34.4. The maximum atomic E-state index is 12.3. The molecule has 310 valence electrons. The van der Waals surface area contributed by atoms with E-state index in [-0.39, 0.29) is 12.8 Å². The van der Waals surface area contributed by atoms with Crippen molar-refractivity contribution in [2.75, 3.05) is 26.4 Å². The highest BCUT2D eigenvalue weighted by Crippen LogP contribution is 2.43. The van der Waals surface area contributed by atoms with Gasteiger partial charge in [-0.3, -0.25) is 18.6 Å². The number of ether oxygens (including phenoxy) is 2. The average molecular weight is 789 g/mol. The van der Waals surface area contributed by atoms with Gasteiger partial charge in [-0.1, -0.05) is 130 Å². The number of phosphoric ester groups is 1. The molecule has 0 bridgehead atoms. The first kappa shape index (κ1) is 51.6. The topological polar surface area (TPSA) is 149 Å². The normalized spacial score (nSPS) is 15.1. The molecule has 55 heavy (non-hydrogen) atoms. The highest BCUT2D eigenvalue weighted by Gasteiger charge is 2.27. The van der Waals surface area contributed by atoms with Gasteiger partial charge in [0.1, 0.15) is 12.2 Å². The predicted octanol–water partition coefficient (Wildman–Crippen LogP) is 10.2. The summed E-state index contributed by atoms with van der Waals surface area (Å²) in [6.45, 7) is 1.81. The molecule has 0 aliphatic carbocycles. The summed E-state index contributed by atoms with van der Waals surface area (Å²) in [6.07, 6.45) is 48.0. The van der Waals surface area contributed by atoms with Crippen LogP contribution in [0, 0.1) is 0 Å². The molecule has 11 heteroatoms. The van der Waals surface area contributed by atoms with Crippen LogP contribution in [0.5, 0.6) is 0 Å². The fourth-order valence-electron chi connectivity index (χ4n) is 4.51. The molecule has 10 nitrogen and oxygen atoms in total. The van der Waals surface area contributed by atoms with Crippen molar-refractivity contribution in [2.24, 2.45) is 0 Å². The molecule has 3 atom stereocenters. The molecular formula is C44H69O10P. The Morgan fingerprint density at radius 2 is 0.836 bits per heavy atom. The monoisotopic (exact) mass is 788 g/mol. The number of phosphoric acid groups is 1. The van der Waals surface area contributed by atoms with Crippen molar-refractivity contribution in [3.05, 3.63) is 109 Å². The van der Waals surface area contributed by atoms with Crippen LogP contribution >= 0.6 is 7.82 Å². The molecule has 0 aliphatic rings. The summed E-state index contributed by atoms with van der Waals surface area (Å²) in [5.41, 5.74) is 0. The van der Waals surface area contributed by atoms with Crippen molar-refractivity contribution in [1.29, 1.82) is 0 Å². The van der Waals surface area contributed by atoms with E-state index in [9.17, 15) is 29.3 Å². The molecule has 0 fully saturated rings. The molecule has 0 rings (SSSR count). The number of unbranched alkanes of at least 4 members (excludes halogenated alkanes) is 3. The average Bonchev–Trinajstić information content (AvgIpc) is 3.17. The Hall–Kier alpha value is -3.37. The predicted molar refractivity (Wildman–Crippen MR) is 223 cm³/mol. The van der Waals surface area contributed by atoms with Gasteiger partial charge in [0.2, 0.25) is 0 Å². The molecule has 0 aromatic heterocycles. The van der Waals surface area contributed by atoms with Gasteiger partial charge in [-0.05, 0) is 83.5 Å².